The Labute approximate surface area is 171 Å². The second-order valence-corrected chi connectivity index (χ2v) is 8.52. The van der Waals surface area contributed by atoms with Crippen LogP contribution in [0.15, 0.2) is 30.3 Å². The predicted molar refractivity (Wildman–Crippen MR) is 106 cm³/mol. The van der Waals surface area contributed by atoms with Gasteiger partial charge >= 0.3 is 12.2 Å². The maximum absolute atomic E-state index is 13.5. The molecule has 0 radical (unpaired) electrons. The van der Waals surface area contributed by atoms with E-state index in [1.165, 1.54) is 11.0 Å². The molecule has 2 amide bonds. The van der Waals surface area contributed by atoms with E-state index in [0.29, 0.717) is 0 Å². The van der Waals surface area contributed by atoms with Crippen LogP contribution in [0.4, 0.5) is 28.7 Å². The third-order valence-electron chi connectivity index (χ3n) is 5.71. The molecule has 8 heteroatoms. The van der Waals surface area contributed by atoms with Crippen molar-refractivity contribution < 1.29 is 18.0 Å². The Kier molecular flexibility index (Phi) is 5.03. The summed E-state index contributed by atoms with van der Waals surface area (Å²) >= 11 is 1.56. The van der Waals surface area contributed by atoms with Crippen LogP contribution in [0.5, 0.6) is 0 Å². The molecular weight excluding hydrogens is 399 g/mol. The van der Waals surface area contributed by atoms with E-state index in [-0.39, 0.29) is 23.8 Å². The molecule has 1 saturated heterocycles. The summed E-state index contributed by atoms with van der Waals surface area (Å²) in [7, 11) is 0. The highest BCUT2D eigenvalue weighted by Gasteiger charge is 2.48. The van der Waals surface area contributed by atoms with Crippen LogP contribution >= 0.6 is 11.3 Å². The molecule has 2 aromatic rings. The van der Waals surface area contributed by atoms with Gasteiger partial charge in [0.05, 0.1) is 34.3 Å². The maximum Gasteiger partial charge on any atom is 0.417 e. The Bertz CT molecular complexity index is 978. The van der Waals surface area contributed by atoms with E-state index >= 15 is 0 Å². The topological polar surface area (TPSA) is 47.3 Å². The van der Waals surface area contributed by atoms with Crippen LogP contribution in [0, 0.1) is 11.3 Å². The number of anilines is 2. The molecule has 1 aromatic heterocycles. The molecule has 0 bridgehead atoms. The Morgan fingerprint density at radius 1 is 1.14 bits per heavy atom. The van der Waals surface area contributed by atoms with Crippen molar-refractivity contribution in [3.05, 3.63) is 46.3 Å². The summed E-state index contributed by atoms with van der Waals surface area (Å²) in [5.74, 6) is 0. The number of nitriles is 1. The molecule has 2 heterocycles. The Morgan fingerprint density at radius 3 is 2.41 bits per heavy atom. The van der Waals surface area contributed by atoms with Gasteiger partial charge in [0, 0.05) is 10.6 Å². The molecule has 4 rings (SSSR count). The molecule has 1 aliphatic heterocycles. The molecule has 29 heavy (non-hydrogen) atoms. The molecule has 4 nitrogen and oxygen atoms in total. The van der Waals surface area contributed by atoms with Crippen molar-refractivity contribution in [3.63, 3.8) is 0 Å². The third kappa shape index (κ3) is 3.38. The first-order valence-electron chi connectivity index (χ1n) is 9.67. The zero-order chi connectivity index (χ0) is 20.8. The molecule has 1 saturated carbocycles. The third-order valence-corrected chi connectivity index (χ3v) is 6.94. The summed E-state index contributed by atoms with van der Waals surface area (Å²) < 4.78 is 40.4. The van der Waals surface area contributed by atoms with Crippen LogP contribution in [-0.2, 0) is 12.6 Å². The Balaban J connectivity index is 1.77. The number of carbonyl (C=O) groups is 1. The summed E-state index contributed by atoms with van der Waals surface area (Å²) in [6.45, 7) is 2.05. The number of carbonyl (C=O) groups excluding carboxylic acids is 1. The number of nitrogens with zero attached hydrogens (tertiary/aromatic N) is 3. The van der Waals surface area contributed by atoms with Gasteiger partial charge in [-0.05, 0) is 49.6 Å². The largest absolute Gasteiger partial charge is 0.417 e. The number of urea groups is 1. The van der Waals surface area contributed by atoms with Crippen molar-refractivity contribution in [2.45, 2.75) is 57.3 Å². The zero-order valence-corrected chi connectivity index (χ0v) is 16.7. The molecule has 2 aliphatic rings. The van der Waals surface area contributed by atoms with E-state index < -0.39 is 17.3 Å². The lowest BCUT2D eigenvalue weighted by Crippen LogP contribution is -2.39. The summed E-state index contributed by atoms with van der Waals surface area (Å²) in [6.07, 6.45) is -0.277. The number of thiophene rings is 1. The lowest BCUT2D eigenvalue weighted by atomic mass is 9.90. The molecule has 2 atom stereocenters. The first-order valence-corrected chi connectivity index (χ1v) is 10.5. The van der Waals surface area contributed by atoms with Crippen molar-refractivity contribution in [1.29, 1.82) is 5.26 Å². The average molecular weight is 419 g/mol. The van der Waals surface area contributed by atoms with E-state index in [0.717, 1.165) is 54.1 Å². The van der Waals surface area contributed by atoms with Gasteiger partial charge in [0.15, 0.2) is 0 Å². The van der Waals surface area contributed by atoms with Crippen molar-refractivity contribution >= 4 is 28.1 Å². The van der Waals surface area contributed by atoms with Gasteiger partial charge in [-0.3, -0.25) is 9.80 Å². The number of rotatable bonds is 3. The van der Waals surface area contributed by atoms with Crippen molar-refractivity contribution in [2.24, 2.45) is 0 Å². The molecule has 2 fully saturated rings. The first kappa shape index (κ1) is 19.8. The second-order valence-electron chi connectivity index (χ2n) is 7.37. The fraction of sp³-hybridized carbons (Fsp3) is 0.429. The van der Waals surface area contributed by atoms with Gasteiger partial charge in [0.1, 0.15) is 0 Å². The molecule has 0 spiro atoms. The van der Waals surface area contributed by atoms with E-state index in [1.54, 1.807) is 22.3 Å². The molecule has 1 aromatic carbocycles. The summed E-state index contributed by atoms with van der Waals surface area (Å²) in [5.41, 5.74) is -1.23. The Hall–Kier alpha value is -2.53. The van der Waals surface area contributed by atoms with Gasteiger partial charge in [-0.15, -0.1) is 11.3 Å². The van der Waals surface area contributed by atoms with Gasteiger partial charge in [0.25, 0.3) is 0 Å². The maximum atomic E-state index is 13.5. The van der Waals surface area contributed by atoms with Crippen LogP contribution in [-0.4, -0.2) is 18.1 Å². The van der Waals surface area contributed by atoms with Crippen molar-refractivity contribution in [1.82, 2.24) is 0 Å². The fourth-order valence-electron chi connectivity index (χ4n) is 4.35. The predicted octanol–water partition coefficient (Wildman–Crippen LogP) is 5.96. The molecule has 1 aliphatic carbocycles. The summed E-state index contributed by atoms with van der Waals surface area (Å²) in [6, 6.07) is 8.57. The number of hydrogen-bond acceptors (Lipinski definition) is 3. The quantitative estimate of drug-likeness (QED) is 0.616. The van der Waals surface area contributed by atoms with Gasteiger partial charge in [-0.1, -0.05) is 19.8 Å². The van der Waals surface area contributed by atoms with E-state index in [9.17, 15) is 18.0 Å². The molecule has 152 valence electrons. The minimum Gasteiger partial charge on any atom is -0.289 e. The number of benzene rings is 1. The highest BCUT2D eigenvalue weighted by Crippen LogP contribution is 2.43. The van der Waals surface area contributed by atoms with Gasteiger partial charge in [-0.2, -0.15) is 18.4 Å². The minimum atomic E-state index is -4.65. The van der Waals surface area contributed by atoms with Crippen LogP contribution in [0.25, 0.3) is 0 Å². The number of hydrogen-bond donors (Lipinski definition) is 0. The molecule has 0 unspecified atom stereocenters. The van der Waals surface area contributed by atoms with Crippen LogP contribution in [0.2, 0.25) is 0 Å². The number of amides is 2. The average Bonchev–Trinajstić information content (AvgIpc) is 3.28. The van der Waals surface area contributed by atoms with Gasteiger partial charge in [0.2, 0.25) is 0 Å². The van der Waals surface area contributed by atoms with Crippen LogP contribution in [0.1, 0.15) is 48.6 Å². The van der Waals surface area contributed by atoms with Gasteiger partial charge < -0.3 is 0 Å². The number of aryl methyl sites for hydroxylation is 1. The standard InChI is InChI=1S/C21H20F3N3OS/c1-2-15-9-10-19(29-15)27-18-6-4-3-5-17(18)26(20(27)28)14-8-7-13(12-25)16(11-14)21(22,23)24/h7-11,17-18H,2-6H2,1H3/t17-,18-/m0/s1. The van der Waals surface area contributed by atoms with Crippen molar-refractivity contribution in [3.8, 4) is 6.07 Å². The Morgan fingerprint density at radius 2 is 1.83 bits per heavy atom. The van der Waals surface area contributed by atoms with E-state index in [2.05, 4.69) is 0 Å². The van der Waals surface area contributed by atoms with E-state index in [1.807, 2.05) is 19.1 Å². The fourth-order valence-corrected chi connectivity index (χ4v) is 5.35. The monoisotopic (exact) mass is 419 g/mol. The second kappa shape index (κ2) is 7.38. The van der Waals surface area contributed by atoms with E-state index in [4.69, 9.17) is 5.26 Å². The van der Waals surface area contributed by atoms with Gasteiger partial charge in [-0.25, -0.2) is 4.79 Å². The smallest absolute Gasteiger partial charge is 0.289 e. The molecular formula is C21H20F3N3OS. The number of alkyl halides is 3. The highest BCUT2D eigenvalue weighted by atomic mass is 32.1. The highest BCUT2D eigenvalue weighted by molar-refractivity contribution is 7.16. The lowest BCUT2D eigenvalue weighted by Gasteiger charge is -2.31. The molecule has 0 N–H and O–H groups in total. The SMILES string of the molecule is CCc1ccc(N2C(=O)N(c3ccc(C#N)c(C(F)(F)F)c3)[C@H]3CCCC[C@@H]32)s1. The summed E-state index contributed by atoms with van der Waals surface area (Å²) in [4.78, 5) is 17.8. The first-order chi connectivity index (χ1) is 13.8. The van der Waals surface area contributed by atoms with Crippen LogP contribution in [0.3, 0.4) is 0 Å². The zero-order valence-electron chi connectivity index (χ0n) is 15.9. The minimum absolute atomic E-state index is 0.0513. The van der Waals surface area contributed by atoms with Crippen molar-refractivity contribution in [2.75, 3.05) is 9.80 Å². The normalized spacial score (nSPS) is 22.0. The lowest BCUT2D eigenvalue weighted by molar-refractivity contribution is -0.137. The summed E-state index contributed by atoms with van der Waals surface area (Å²) in [5, 5.41) is 9.90. The number of fused-ring (bicyclic) bond motifs is 1. The van der Waals surface area contributed by atoms with Crippen LogP contribution < -0.4 is 9.80 Å². The number of halogens is 3.